The molecule has 1 aliphatic rings. The topological polar surface area (TPSA) is 89.7 Å². The molecule has 0 saturated heterocycles. The van der Waals surface area contributed by atoms with Crippen molar-refractivity contribution in [3.05, 3.63) is 15.1 Å². The molecule has 0 unspecified atom stereocenters. The van der Waals surface area contributed by atoms with Crippen molar-refractivity contribution >= 4 is 59.4 Å². The van der Waals surface area contributed by atoms with Crippen LogP contribution in [0.25, 0.3) is 11.0 Å². The van der Waals surface area contributed by atoms with Crippen LogP contribution in [0.2, 0.25) is 31.0 Å². The van der Waals surface area contributed by atoms with Gasteiger partial charge in [0.25, 0.3) is 0 Å². The summed E-state index contributed by atoms with van der Waals surface area (Å²) < 4.78 is 14.8. The zero-order valence-electron chi connectivity index (χ0n) is 17.0. The predicted molar refractivity (Wildman–Crippen MR) is 123 cm³/mol. The number of ether oxygens (including phenoxy) is 2. The minimum absolute atomic E-state index is 0.0336. The third-order valence-corrected chi connectivity index (χ3v) is 7.73. The summed E-state index contributed by atoms with van der Waals surface area (Å²) in [5.41, 5.74) is 0.677. The molecule has 160 valence electrons. The monoisotopic (exact) mass is 552 g/mol. The summed E-state index contributed by atoms with van der Waals surface area (Å²) in [5, 5.41) is 10.00. The molecule has 1 aliphatic carbocycles. The Labute approximate surface area is 189 Å². The van der Waals surface area contributed by atoms with Gasteiger partial charge >= 0.3 is 6.09 Å². The Morgan fingerprint density at radius 2 is 2.10 bits per heavy atom. The van der Waals surface area contributed by atoms with E-state index in [1.807, 2.05) is 10.8 Å². The number of fused-ring (bicyclic) bond motifs is 1. The van der Waals surface area contributed by atoms with Crippen molar-refractivity contribution in [1.29, 1.82) is 0 Å². The normalized spacial score (nSPS) is 19.2. The molecule has 8 nitrogen and oxygen atoms in total. The van der Waals surface area contributed by atoms with Crippen molar-refractivity contribution < 1.29 is 19.4 Å². The van der Waals surface area contributed by atoms with E-state index < -0.39 is 14.2 Å². The second-order valence-corrected chi connectivity index (χ2v) is 15.7. The maximum absolute atomic E-state index is 11.1. The highest BCUT2D eigenvalue weighted by Crippen LogP contribution is 2.35. The SMILES string of the molecule is CN(C(=O)O)C1CC(Oc2nc(Cl)nc3c2c(I)cn3COCC[Si](C)(C)C)C1. The van der Waals surface area contributed by atoms with E-state index in [-0.39, 0.29) is 17.4 Å². The van der Waals surface area contributed by atoms with Crippen LogP contribution in [0.15, 0.2) is 6.20 Å². The third-order valence-electron chi connectivity index (χ3n) is 5.03. The van der Waals surface area contributed by atoms with Crippen molar-refractivity contribution in [2.75, 3.05) is 13.7 Å². The van der Waals surface area contributed by atoms with E-state index in [0.717, 1.165) is 15.0 Å². The second kappa shape index (κ2) is 8.94. The van der Waals surface area contributed by atoms with E-state index in [1.165, 1.54) is 4.90 Å². The van der Waals surface area contributed by atoms with Gasteiger partial charge < -0.3 is 24.0 Å². The molecule has 0 spiro atoms. The average Bonchev–Trinajstić information content (AvgIpc) is 2.88. The average molecular weight is 553 g/mol. The van der Waals surface area contributed by atoms with E-state index in [2.05, 4.69) is 52.2 Å². The van der Waals surface area contributed by atoms with Crippen molar-refractivity contribution in [3.63, 3.8) is 0 Å². The Morgan fingerprint density at radius 3 is 2.72 bits per heavy atom. The molecule has 1 amide bonds. The number of halogens is 2. The highest BCUT2D eigenvalue weighted by molar-refractivity contribution is 14.1. The minimum Gasteiger partial charge on any atom is -0.474 e. The molecule has 11 heteroatoms. The number of hydrogen-bond acceptors (Lipinski definition) is 5. The van der Waals surface area contributed by atoms with Gasteiger partial charge in [0.2, 0.25) is 11.2 Å². The van der Waals surface area contributed by atoms with E-state index in [0.29, 0.717) is 37.7 Å². The molecule has 1 saturated carbocycles. The third kappa shape index (κ3) is 5.53. The number of amides is 1. The number of nitrogens with zero attached hydrogens (tertiary/aromatic N) is 4. The Morgan fingerprint density at radius 1 is 1.41 bits per heavy atom. The fourth-order valence-corrected chi connectivity index (χ4v) is 4.79. The van der Waals surface area contributed by atoms with Gasteiger partial charge in [-0.1, -0.05) is 19.6 Å². The number of aromatic nitrogens is 3. The first-order valence-corrected chi connectivity index (χ1v) is 14.6. The molecule has 1 fully saturated rings. The Hall–Kier alpha value is -1.11. The van der Waals surface area contributed by atoms with Gasteiger partial charge in [0, 0.05) is 50.4 Å². The number of hydrogen-bond donors (Lipinski definition) is 1. The van der Waals surface area contributed by atoms with E-state index in [1.54, 1.807) is 7.05 Å². The maximum atomic E-state index is 11.1. The summed E-state index contributed by atoms with van der Waals surface area (Å²) in [5.74, 6) is 0.437. The van der Waals surface area contributed by atoms with Crippen LogP contribution >= 0.6 is 34.2 Å². The van der Waals surface area contributed by atoms with E-state index in [4.69, 9.17) is 26.2 Å². The lowest BCUT2D eigenvalue weighted by Crippen LogP contribution is -2.49. The molecular weight excluding hydrogens is 527 g/mol. The van der Waals surface area contributed by atoms with Crippen molar-refractivity contribution in [2.24, 2.45) is 0 Å². The van der Waals surface area contributed by atoms with Crippen LogP contribution in [0.3, 0.4) is 0 Å². The van der Waals surface area contributed by atoms with Gasteiger partial charge in [-0.2, -0.15) is 9.97 Å². The molecular formula is C18H26ClIN4O4Si. The largest absolute Gasteiger partial charge is 0.474 e. The molecule has 0 aliphatic heterocycles. The van der Waals surface area contributed by atoms with E-state index >= 15 is 0 Å². The molecule has 0 aromatic carbocycles. The number of carbonyl (C=O) groups is 1. The van der Waals surface area contributed by atoms with Gasteiger partial charge in [0.05, 0.1) is 5.39 Å². The lowest BCUT2D eigenvalue weighted by molar-refractivity contribution is 0.0303. The lowest BCUT2D eigenvalue weighted by Gasteiger charge is -2.39. The minimum atomic E-state index is -1.14. The first-order chi connectivity index (χ1) is 13.5. The molecule has 3 rings (SSSR count). The summed E-state index contributed by atoms with van der Waals surface area (Å²) in [6, 6.07) is 1.06. The summed E-state index contributed by atoms with van der Waals surface area (Å²) >= 11 is 8.38. The quantitative estimate of drug-likeness (QED) is 0.224. The first-order valence-electron chi connectivity index (χ1n) is 9.47. The van der Waals surface area contributed by atoms with Gasteiger partial charge in [0.15, 0.2) is 5.65 Å². The molecule has 2 aromatic rings. The Balaban J connectivity index is 1.71. The summed E-state index contributed by atoms with van der Waals surface area (Å²) in [4.78, 5) is 21.0. The zero-order valence-corrected chi connectivity index (χ0v) is 20.9. The number of carboxylic acid groups (broad SMARTS) is 1. The molecule has 1 N–H and O–H groups in total. The smallest absolute Gasteiger partial charge is 0.407 e. The van der Waals surface area contributed by atoms with Crippen LogP contribution in [0.1, 0.15) is 12.8 Å². The predicted octanol–water partition coefficient (Wildman–Crippen LogP) is 4.52. The number of rotatable bonds is 8. The second-order valence-electron chi connectivity index (χ2n) is 8.55. The molecule has 2 heterocycles. The Bertz CT molecular complexity index is 898. The van der Waals surface area contributed by atoms with Crippen LogP contribution < -0.4 is 4.74 Å². The fraction of sp³-hybridized carbons (Fsp3) is 0.611. The maximum Gasteiger partial charge on any atom is 0.407 e. The summed E-state index contributed by atoms with van der Waals surface area (Å²) in [6.45, 7) is 8.07. The Kier molecular flexibility index (Phi) is 6.96. The standard InChI is InChI=1S/C18H26ClIN4O4Si/c1-23(18(25)26)11-7-12(8-11)28-16-14-13(20)9-24(15(14)21-17(19)22-16)10-27-5-6-29(2,3)4/h9,11-12H,5-8,10H2,1-4H3,(H,25,26). The summed E-state index contributed by atoms with van der Waals surface area (Å²) in [7, 11) is 0.436. The lowest BCUT2D eigenvalue weighted by atomic mass is 9.88. The highest BCUT2D eigenvalue weighted by atomic mass is 127. The zero-order chi connectivity index (χ0) is 21.3. The van der Waals surface area contributed by atoms with Crippen LogP contribution in [-0.4, -0.2) is 64.5 Å². The fourth-order valence-electron chi connectivity index (χ4n) is 3.07. The van der Waals surface area contributed by atoms with Gasteiger partial charge in [-0.05, 0) is 40.2 Å². The van der Waals surface area contributed by atoms with Crippen molar-refractivity contribution in [2.45, 2.75) is 57.4 Å². The van der Waals surface area contributed by atoms with Crippen LogP contribution in [-0.2, 0) is 11.5 Å². The van der Waals surface area contributed by atoms with Gasteiger partial charge in [-0.3, -0.25) is 0 Å². The molecule has 0 atom stereocenters. The van der Waals surface area contributed by atoms with Gasteiger partial charge in [-0.25, -0.2) is 4.79 Å². The molecule has 0 bridgehead atoms. The first kappa shape index (κ1) is 22.6. The molecule has 29 heavy (non-hydrogen) atoms. The van der Waals surface area contributed by atoms with Crippen LogP contribution in [0, 0.1) is 3.57 Å². The highest BCUT2D eigenvalue weighted by Gasteiger charge is 2.36. The van der Waals surface area contributed by atoms with Crippen LogP contribution in [0.4, 0.5) is 4.79 Å². The molecule has 2 aromatic heterocycles. The molecule has 0 radical (unpaired) electrons. The van der Waals surface area contributed by atoms with Crippen molar-refractivity contribution in [3.8, 4) is 5.88 Å². The van der Waals surface area contributed by atoms with E-state index in [9.17, 15) is 4.79 Å². The van der Waals surface area contributed by atoms with Gasteiger partial charge in [-0.15, -0.1) is 0 Å². The van der Waals surface area contributed by atoms with Crippen molar-refractivity contribution in [1.82, 2.24) is 19.4 Å². The van der Waals surface area contributed by atoms with Gasteiger partial charge in [0.1, 0.15) is 12.8 Å². The van der Waals surface area contributed by atoms with Crippen LogP contribution in [0.5, 0.6) is 5.88 Å². The summed E-state index contributed by atoms with van der Waals surface area (Å²) in [6.07, 6.45) is 2.19.